The molecule has 6 heteroatoms. The summed E-state index contributed by atoms with van der Waals surface area (Å²) in [6.45, 7) is 1.27. The lowest BCUT2D eigenvalue weighted by Gasteiger charge is -2.10. The molecule has 0 spiro atoms. The summed E-state index contributed by atoms with van der Waals surface area (Å²) in [5.74, 6) is 0. The quantitative estimate of drug-likeness (QED) is 0.458. The number of nitrogens with one attached hydrogen (secondary N) is 1. The lowest BCUT2D eigenvalue weighted by Crippen LogP contribution is -2.25. The highest BCUT2D eigenvalue weighted by Gasteiger charge is 2.17. The van der Waals surface area contributed by atoms with Gasteiger partial charge in [-0.2, -0.15) is 0 Å². The van der Waals surface area contributed by atoms with Crippen molar-refractivity contribution >= 4 is 36.7 Å². The Kier molecular flexibility index (Phi) is 9.05. The molecular weight excluding hydrogens is 412 g/mol. The zero-order valence-corrected chi connectivity index (χ0v) is 17.6. The van der Waals surface area contributed by atoms with Crippen molar-refractivity contribution in [3.05, 3.63) is 40.9 Å². The van der Waals surface area contributed by atoms with E-state index in [0.29, 0.717) is 11.4 Å². The molecule has 0 atom stereocenters. The SMILES string of the molecule is NCCCCCCCCCCNS(=O)(=O)c1cccc2c(Br)cccc12. The summed E-state index contributed by atoms with van der Waals surface area (Å²) in [7, 11) is -3.49. The molecule has 0 radical (unpaired) electrons. The number of hydrogen-bond donors (Lipinski definition) is 2. The number of nitrogens with two attached hydrogens (primary N) is 1. The predicted octanol–water partition coefficient (Wildman–Crippen LogP) is 4.96. The van der Waals surface area contributed by atoms with Crippen LogP contribution in [0.3, 0.4) is 0 Å². The van der Waals surface area contributed by atoms with E-state index in [4.69, 9.17) is 5.73 Å². The van der Waals surface area contributed by atoms with Gasteiger partial charge in [0.25, 0.3) is 0 Å². The van der Waals surface area contributed by atoms with Gasteiger partial charge in [0.05, 0.1) is 4.90 Å². The van der Waals surface area contributed by atoms with Crippen LogP contribution in [0, 0.1) is 0 Å². The van der Waals surface area contributed by atoms with Gasteiger partial charge in [-0.25, -0.2) is 13.1 Å². The highest BCUT2D eigenvalue weighted by Crippen LogP contribution is 2.28. The minimum Gasteiger partial charge on any atom is -0.330 e. The summed E-state index contributed by atoms with van der Waals surface area (Å²) in [5, 5.41) is 1.65. The van der Waals surface area contributed by atoms with E-state index in [-0.39, 0.29) is 0 Å². The van der Waals surface area contributed by atoms with E-state index in [1.54, 1.807) is 12.1 Å². The van der Waals surface area contributed by atoms with Crippen LogP contribution in [0.25, 0.3) is 10.8 Å². The van der Waals surface area contributed by atoms with Crippen molar-refractivity contribution in [3.8, 4) is 0 Å². The first kappa shape index (κ1) is 21.4. The Labute approximate surface area is 165 Å². The molecule has 0 fully saturated rings. The number of hydrogen-bond acceptors (Lipinski definition) is 3. The van der Waals surface area contributed by atoms with E-state index >= 15 is 0 Å². The molecule has 2 aromatic rings. The zero-order valence-electron chi connectivity index (χ0n) is 15.2. The topological polar surface area (TPSA) is 72.2 Å². The third-order valence-corrected chi connectivity index (χ3v) is 6.75. The van der Waals surface area contributed by atoms with Crippen molar-refractivity contribution in [1.82, 2.24) is 4.72 Å². The van der Waals surface area contributed by atoms with Gasteiger partial charge in [0, 0.05) is 16.4 Å². The molecule has 0 aliphatic carbocycles. The van der Waals surface area contributed by atoms with Crippen molar-refractivity contribution in [2.45, 2.75) is 56.3 Å². The smallest absolute Gasteiger partial charge is 0.241 e. The normalized spacial score (nSPS) is 11.9. The van der Waals surface area contributed by atoms with Crippen LogP contribution in [0.1, 0.15) is 51.4 Å². The van der Waals surface area contributed by atoms with Crippen LogP contribution in [0.2, 0.25) is 0 Å². The molecule has 2 rings (SSSR count). The molecule has 0 saturated heterocycles. The molecule has 4 nitrogen and oxygen atoms in total. The van der Waals surface area contributed by atoms with Gasteiger partial charge in [0.15, 0.2) is 0 Å². The van der Waals surface area contributed by atoms with Gasteiger partial charge >= 0.3 is 0 Å². The Bertz CT molecular complexity index is 793. The molecule has 0 aliphatic rings. The maximum absolute atomic E-state index is 12.7. The number of benzene rings is 2. The third-order valence-electron chi connectivity index (χ3n) is 4.54. The Morgan fingerprint density at radius 3 is 2.08 bits per heavy atom. The fourth-order valence-corrected chi connectivity index (χ4v) is 4.88. The Morgan fingerprint density at radius 1 is 0.808 bits per heavy atom. The van der Waals surface area contributed by atoms with E-state index in [1.165, 1.54) is 25.7 Å². The molecule has 0 heterocycles. The highest BCUT2D eigenvalue weighted by atomic mass is 79.9. The van der Waals surface area contributed by atoms with Gasteiger partial charge in [0.1, 0.15) is 0 Å². The summed E-state index contributed by atoms with van der Waals surface area (Å²) in [5.41, 5.74) is 5.48. The largest absolute Gasteiger partial charge is 0.330 e. The van der Waals surface area contributed by atoms with Gasteiger partial charge < -0.3 is 5.73 Å². The second kappa shape index (κ2) is 11.0. The molecule has 0 amide bonds. The summed E-state index contributed by atoms with van der Waals surface area (Å²) in [6.07, 6.45) is 9.14. The first-order valence-electron chi connectivity index (χ1n) is 9.43. The molecule has 3 N–H and O–H groups in total. The van der Waals surface area contributed by atoms with Crippen molar-refractivity contribution in [3.63, 3.8) is 0 Å². The number of halogens is 1. The van der Waals surface area contributed by atoms with Gasteiger partial charge in [0.2, 0.25) is 10.0 Å². The lowest BCUT2D eigenvalue weighted by molar-refractivity contribution is 0.557. The molecule has 2 aromatic carbocycles. The molecule has 26 heavy (non-hydrogen) atoms. The fourth-order valence-electron chi connectivity index (χ4n) is 3.09. The van der Waals surface area contributed by atoms with Crippen LogP contribution in [-0.2, 0) is 10.0 Å². The number of unbranched alkanes of at least 4 members (excludes halogenated alkanes) is 7. The minimum atomic E-state index is -3.49. The van der Waals surface area contributed by atoms with Crippen LogP contribution in [0.15, 0.2) is 45.8 Å². The van der Waals surface area contributed by atoms with Gasteiger partial charge in [-0.1, -0.05) is 78.7 Å². The first-order chi connectivity index (χ1) is 12.6. The van der Waals surface area contributed by atoms with E-state index in [9.17, 15) is 8.42 Å². The average Bonchev–Trinajstić information content (AvgIpc) is 2.63. The van der Waals surface area contributed by atoms with Gasteiger partial charge in [-0.3, -0.25) is 0 Å². The van der Waals surface area contributed by atoms with Crippen LogP contribution in [0.4, 0.5) is 0 Å². The summed E-state index contributed by atoms with van der Waals surface area (Å²) in [6, 6.07) is 11.0. The maximum Gasteiger partial charge on any atom is 0.241 e. The van der Waals surface area contributed by atoms with Gasteiger partial charge in [-0.15, -0.1) is 0 Å². The Hall–Kier alpha value is -0.950. The number of sulfonamides is 1. The van der Waals surface area contributed by atoms with Crippen LogP contribution >= 0.6 is 15.9 Å². The zero-order chi connectivity index (χ0) is 18.8. The Morgan fingerprint density at radius 2 is 1.38 bits per heavy atom. The van der Waals surface area contributed by atoms with Crippen molar-refractivity contribution in [2.75, 3.05) is 13.1 Å². The Balaban J connectivity index is 1.79. The molecule has 144 valence electrons. The van der Waals surface area contributed by atoms with Gasteiger partial charge in [-0.05, 0) is 36.9 Å². The second-order valence-electron chi connectivity index (χ2n) is 6.61. The van der Waals surface area contributed by atoms with E-state index < -0.39 is 10.0 Å². The van der Waals surface area contributed by atoms with E-state index in [1.807, 2.05) is 24.3 Å². The summed E-state index contributed by atoms with van der Waals surface area (Å²) < 4.78 is 29.0. The number of rotatable bonds is 12. The molecule has 0 aromatic heterocycles. The average molecular weight is 441 g/mol. The summed E-state index contributed by atoms with van der Waals surface area (Å²) >= 11 is 3.48. The van der Waals surface area contributed by atoms with Crippen molar-refractivity contribution < 1.29 is 8.42 Å². The van der Waals surface area contributed by atoms with E-state index in [0.717, 1.165) is 47.5 Å². The van der Waals surface area contributed by atoms with E-state index in [2.05, 4.69) is 20.7 Å². The summed E-state index contributed by atoms with van der Waals surface area (Å²) in [4.78, 5) is 0.344. The second-order valence-corrected chi connectivity index (χ2v) is 9.20. The molecule has 0 bridgehead atoms. The third kappa shape index (κ3) is 6.34. The predicted molar refractivity (Wildman–Crippen MR) is 113 cm³/mol. The highest BCUT2D eigenvalue weighted by molar-refractivity contribution is 9.10. The van der Waals surface area contributed by atoms with Crippen LogP contribution in [-0.4, -0.2) is 21.5 Å². The number of fused-ring (bicyclic) bond motifs is 1. The fraction of sp³-hybridized carbons (Fsp3) is 0.500. The van der Waals surface area contributed by atoms with Crippen molar-refractivity contribution in [2.24, 2.45) is 5.73 Å². The molecular formula is C20H29BrN2O2S. The van der Waals surface area contributed by atoms with Crippen LogP contribution in [0.5, 0.6) is 0 Å². The standard InChI is InChI=1S/C20H29BrN2O2S/c21-19-13-9-12-18-17(19)11-10-14-20(18)26(24,25)23-16-8-6-4-2-1-3-5-7-15-22/h9-14,23H,1-8,15-16,22H2. The first-order valence-corrected chi connectivity index (χ1v) is 11.7. The van der Waals surface area contributed by atoms with Crippen molar-refractivity contribution in [1.29, 1.82) is 0 Å². The minimum absolute atomic E-state index is 0.344. The molecule has 0 unspecified atom stereocenters. The maximum atomic E-state index is 12.7. The molecule has 0 aliphatic heterocycles. The molecule has 0 saturated carbocycles. The van der Waals surface area contributed by atoms with Crippen LogP contribution < -0.4 is 10.5 Å². The monoisotopic (exact) mass is 440 g/mol. The lowest BCUT2D eigenvalue weighted by atomic mass is 10.1.